The SMILES string of the molecule is NC(=O)CC(N)C(=O)NC(Cc1c[nH]c2ccccc12)C(=O)NC(Cc1ccc(O)cc1)C(=O)O. The first-order valence-corrected chi connectivity index (χ1v) is 10.8. The number of carboxylic acid groups (broad SMARTS) is 1. The van der Waals surface area contributed by atoms with Gasteiger partial charge < -0.3 is 37.3 Å². The molecule has 0 aliphatic rings. The Balaban J connectivity index is 1.81. The fourth-order valence-electron chi connectivity index (χ4n) is 3.66. The van der Waals surface area contributed by atoms with Crippen LogP contribution >= 0.6 is 0 Å². The van der Waals surface area contributed by atoms with Crippen molar-refractivity contribution < 1.29 is 29.4 Å². The number of nitrogens with two attached hydrogens (primary N) is 2. The van der Waals surface area contributed by atoms with Crippen LogP contribution in [0.3, 0.4) is 0 Å². The summed E-state index contributed by atoms with van der Waals surface area (Å²) in [5.74, 6) is -3.52. The maximum Gasteiger partial charge on any atom is 0.326 e. The van der Waals surface area contributed by atoms with E-state index in [0.29, 0.717) is 5.56 Å². The van der Waals surface area contributed by atoms with Crippen LogP contribution in [-0.2, 0) is 32.0 Å². The average Bonchev–Trinajstić information content (AvgIpc) is 3.21. The molecule has 11 heteroatoms. The van der Waals surface area contributed by atoms with Crippen LogP contribution in [0.5, 0.6) is 5.75 Å². The van der Waals surface area contributed by atoms with E-state index in [2.05, 4.69) is 15.6 Å². The zero-order valence-electron chi connectivity index (χ0n) is 18.7. The van der Waals surface area contributed by atoms with Crippen molar-refractivity contribution in [1.82, 2.24) is 15.6 Å². The lowest BCUT2D eigenvalue weighted by atomic mass is 10.0. The largest absolute Gasteiger partial charge is 0.508 e. The van der Waals surface area contributed by atoms with Crippen molar-refractivity contribution in [2.24, 2.45) is 11.5 Å². The second-order valence-electron chi connectivity index (χ2n) is 8.17. The Morgan fingerprint density at radius 2 is 1.57 bits per heavy atom. The standard InChI is InChI=1S/C24H27N5O6/c25-17(11-21(26)31)22(32)28-19(10-14-12-27-18-4-2-1-3-16(14)18)23(33)29-20(24(34)35)9-13-5-7-15(30)8-6-13/h1-8,12,17,19-20,27,30H,9-11,25H2,(H2,26,31)(H,28,32)(H,29,33)(H,34,35). The number of benzene rings is 2. The number of H-pyrrole nitrogens is 1. The maximum atomic E-state index is 13.2. The number of aliphatic carboxylic acids is 1. The molecule has 184 valence electrons. The fraction of sp³-hybridized carbons (Fsp3) is 0.250. The minimum atomic E-state index is -1.30. The fourth-order valence-corrected chi connectivity index (χ4v) is 3.66. The second-order valence-corrected chi connectivity index (χ2v) is 8.17. The van der Waals surface area contributed by atoms with Gasteiger partial charge in [0.1, 0.15) is 17.8 Å². The maximum absolute atomic E-state index is 13.2. The monoisotopic (exact) mass is 481 g/mol. The van der Waals surface area contributed by atoms with E-state index in [0.717, 1.165) is 16.5 Å². The Morgan fingerprint density at radius 1 is 0.914 bits per heavy atom. The summed E-state index contributed by atoms with van der Waals surface area (Å²) in [5, 5.41) is 24.9. The van der Waals surface area contributed by atoms with Gasteiger partial charge in [-0.05, 0) is 29.3 Å². The van der Waals surface area contributed by atoms with Gasteiger partial charge in [-0.1, -0.05) is 30.3 Å². The van der Waals surface area contributed by atoms with Crippen molar-refractivity contribution in [3.05, 3.63) is 65.9 Å². The topological polar surface area (TPSA) is 201 Å². The minimum Gasteiger partial charge on any atom is -0.508 e. The third-order valence-corrected chi connectivity index (χ3v) is 5.48. The number of hydrogen-bond donors (Lipinski definition) is 7. The number of aromatic amines is 1. The summed E-state index contributed by atoms with van der Waals surface area (Å²) in [6, 6.07) is 9.55. The average molecular weight is 482 g/mol. The second kappa shape index (κ2) is 11.2. The Labute approximate surface area is 200 Å². The number of hydrogen-bond acceptors (Lipinski definition) is 6. The minimum absolute atomic E-state index is 0.0264. The van der Waals surface area contributed by atoms with Gasteiger partial charge in [-0.2, -0.15) is 0 Å². The van der Waals surface area contributed by atoms with Crippen LogP contribution in [0.25, 0.3) is 10.9 Å². The van der Waals surface area contributed by atoms with Crippen LogP contribution in [0.1, 0.15) is 17.5 Å². The van der Waals surface area contributed by atoms with Crippen LogP contribution in [0, 0.1) is 0 Å². The van der Waals surface area contributed by atoms with Crippen molar-refractivity contribution >= 4 is 34.6 Å². The molecule has 0 fully saturated rings. The van der Waals surface area contributed by atoms with Crippen LogP contribution in [0.2, 0.25) is 0 Å². The highest BCUT2D eigenvalue weighted by atomic mass is 16.4. The lowest BCUT2D eigenvalue weighted by molar-refractivity contribution is -0.142. The van der Waals surface area contributed by atoms with Gasteiger partial charge in [0.15, 0.2) is 0 Å². The predicted molar refractivity (Wildman–Crippen MR) is 127 cm³/mol. The number of primary amides is 1. The van der Waals surface area contributed by atoms with Crippen LogP contribution in [0.4, 0.5) is 0 Å². The predicted octanol–water partition coefficient (Wildman–Crippen LogP) is -0.0844. The lowest BCUT2D eigenvalue weighted by Gasteiger charge is -2.23. The first kappa shape index (κ1) is 25.2. The van der Waals surface area contributed by atoms with Crippen molar-refractivity contribution in [2.75, 3.05) is 0 Å². The zero-order valence-corrected chi connectivity index (χ0v) is 18.7. The van der Waals surface area contributed by atoms with Crippen molar-refractivity contribution in [1.29, 1.82) is 0 Å². The zero-order chi connectivity index (χ0) is 25.5. The first-order chi connectivity index (χ1) is 16.6. The van der Waals surface area contributed by atoms with E-state index in [9.17, 15) is 29.4 Å². The summed E-state index contributed by atoms with van der Waals surface area (Å²) in [7, 11) is 0. The molecule has 0 aliphatic heterocycles. The Bertz CT molecular complexity index is 1220. The molecule has 0 spiro atoms. The van der Waals surface area contributed by atoms with Gasteiger partial charge in [-0.3, -0.25) is 14.4 Å². The highest BCUT2D eigenvalue weighted by Gasteiger charge is 2.29. The molecular weight excluding hydrogens is 454 g/mol. The third kappa shape index (κ3) is 6.81. The molecule has 1 heterocycles. The number of para-hydroxylation sites is 1. The summed E-state index contributed by atoms with van der Waals surface area (Å²) in [5.41, 5.74) is 13.0. The van der Waals surface area contributed by atoms with Gasteiger partial charge in [0.25, 0.3) is 0 Å². The number of carbonyl (C=O) groups is 4. The molecule has 3 amide bonds. The summed E-state index contributed by atoms with van der Waals surface area (Å²) < 4.78 is 0. The molecule has 2 aromatic carbocycles. The van der Waals surface area contributed by atoms with E-state index in [1.54, 1.807) is 18.3 Å². The van der Waals surface area contributed by atoms with Gasteiger partial charge in [0, 0.05) is 29.9 Å². The van der Waals surface area contributed by atoms with Crippen molar-refractivity contribution in [2.45, 2.75) is 37.4 Å². The van der Waals surface area contributed by atoms with Gasteiger partial charge in [-0.15, -0.1) is 0 Å². The molecule has 0 saturated carbocycles. The molecule has 0 saturated heterocycles. The quantitative estimate of drug-likeness (QED) is 0.198. The molecule has 0 aliphatic carbocycles. The van der Waals surface area contributed by atoms with Crippen molar-refractivity contribution in [3.8, 4) is 5.75 Å². The number of carboxylic acids is 1. The van der Waals surface area contributed by atoms with E-state index < -0.39 is 48.2 Å². The highest BCUT2D eigenvalue weighted by molar-refractivity contribution is 5.94. The molecule has 1 aromatic heterocycles. The molecule has 3 rings (SSSR count). The van der Waals surface area contributed by atoms with Gasteiger partial charge in [0.2, 0.25) is 17.7 Å². The van der Waals surface area contributed by atoms with E-state index >= 15 is 0 Å². The van der Waals surface area contributed by atoms with Crippen LogP contribution in [-0.4, -0.2) is 57.0 Å². The van der Waals surface area contributed by atoms with E-state index in [1.807, 2.05) is 24.3 Å². The molecular formula is C24H27N5O6. The molecule has 9 N–H and O–H groups in total. The number of fused-ring (bicyclic) bond motifs is 1. The van der Waals surface area contributed by atoms with E-state index in [1.165, 1.54) is 12.1 Å². The Morgan fingerprint density at radius 3 is 2.23 bits per heavy atom. The molecule has 11 nitrogen and oxygen atoms in total. The number of aromatic hydroxyl groups is 1. The van der Waals surface area contributed by atoms with Gasteiger partial charge in [0.05, 0.1) is 12.5 Å². The Kier molecular flexibility index (Phi) is 8.05. The molecule has 3 atom stereocenters. The summed E-state index contributed by atoms with van der Waals surface area (Å²) in [6.45, 7) is 0. The molecule has 3 unspecified atom stereocenters. The van der Waals surface area contributed by atoms with Crippen LogP contribution in [0.15, 0.2) is 54.7 Å². The van der Waals surface area contributed by atoms with Crippen LogP contribution < -0.4 is 22.1 Å². The highest BCUT2D eigenvalue weighted by Crippen LogP contribution is 2.19. The number of carbonyl (C=O) groups excluding carboxylic acids is 3. The third-order valence-electron chi connectivity index (χ3n) is 5.48. The van der Waals surface area contributed by atoms with E-state index in [-0.39, 0.29) is 18.6 Å². The smallest absolute Gasteiger partial charge is 0.326 e. The number of phenolic OH excluding ortho intramolecular Hbond substituents is 1. The normalized spacial score (nSPS) is 13.5. The van der Waals surface area contributed by atoms with Gasteiger partial charge >= 0.3 is 5.97 Å². The summed E-state index contributed by atoms with van der Waals surface area (Å²) in [4.78, 5) is 51.8. The first-order valence-electron chi connectivity index (χ1n) is 10.8. The number of phenols is 1. The molecule has 0 radical (unpaired) electrons. The number of rotatable bonds is 11. The number of nitrogens with one attached hydrogen (secondary N) is 3. The van der Waals surface area contributed by atoms with Gasteiger partial charge in [-0.25, -0.2) is 4.79 Å². The molecule has 35 heavy (non-hydrogen) atoms. The lowest BCUT2D eigenvalue weighted by Crippen LogP contribution is -2.56. The summed E-state index contributed by atoms with van der Waals surface area (Å²) in [6.07, 6.45) is 1.28. The Hall–Kier alpha value is -4.38. The summed E-state index contributed by atoms with van der Waals surface area (Å²) >= 11 is 0. The van der Waals surface area contributed by atoms with E-state index in [4.69, 9.17) is 11.5 Å². The van der Waals surface area contributed by atoms with Crippen molar-refractivity contribution in [3.63, 3.8) is 0 Å². The number of aromatic nitrogens is 1. The molecule has 0 bridgehead atoms. The molecule has 3 aromatic rings. The number of amides is 3.